The van der Waals surface area contributed by atoms with Crippen LogP contribution in [-0.4, -0.2) is 48.1 Å². The predicted molar refractivity (Wildman–Crippen MR) is 106 cm³/mol. The number of hydrogen-bond acceptors (Lipinski definition) is 5. The lowest BCUT2D eigenvalue weighted by atomic mass is 10.1. The average molecular weight is 382 g/mol. The molecule has 5 nitrogen and oxygen atoms in total. The Labute approximate surface area is 155 Å². The smallest absolute Gasteiger partial charge is 0.250 e. The minimum atomic E-state index is -3.47. The highest BCUT2D eigenvalue weighted by molar-refractivity contribution is 7.91. The Morgan fingerprint density at radius 1 is 1.04 bits per heavy atom. The van der Waals surface area contributed by atoms with E-state index in [0.29, 0.717) is 10.8 Å². The second-order valence-electron chi connectivity index (χ2n) is 6.39. The fourth-order valence-corrected chi connectivity index (χ4v) is 4.92. The van der Waals surface area contributed by atoms with E-state index in [4.69, 9.17) is 0 Å². The standard InChI is InChI=1S/C18H27N3O2S2/c1-6-16-11-12-18(24-16)25(22,23)19-13-17(21(4)5)14-7-9-15(10-8-14)20(2)3/h7-12,17,19H,6,13H2,1-5H3. The topological polar surface area (TPSA) is 52.7 Å². The molecule has 7 heteroatoms. The first kappa shape index (κ1) is 19.9. The molecule has 0 aliphatic carbocycles. The third-order valence-electron chi connectivity index (χ3n) is 4.13. The lowest BCUT2D eigenvalue weighted by Gasteiger charge is -2.25. The molecule has 1 heterocycles. The Balaban J connectivity index is 2.13. The summed E-state index contributed by atoms with van der Waals surface area (Å²) < 4.78 is 28.2. The molecule has 1 N–H and O–H groups in total. The van der Waals surface area contributed by atoms with Gasteiger partial charge in [0.25, 0.3) is 0 Å². The zero-order chi connectivity index (χ0) is 18.6. The number of aryl methyl sites for hydroxylation is 1. The highest BCUT2D eigenvalue weighted by Crippen LogP contribution is 2.24. The van der Waals surface area contributed by atoms with Gasteiger partial charge < -0.3 is 9.80 Å². The number of rotatable bonds is 8. The second kappa shape index (κ2) is 8.31. The maximum absolute atomic E-state index is 12.5. The van der Waals surface area contributed by atoms with Crippen molar-refractivity contribution in [3.63, 3.8) is 0 Å². The van der Waals surface area contributed by atoms with Crippen LogP contribution in [0.2, 0.25) is 0 Å². The van der Waals surface area contributed by atoms with Crippen LogP contribution in [0.1, 0.15) is 23.4 Å². The monoisotopic (exact) mass is 381 g/mol. The van der Waals surface area contributed by atoms with Gasteiger partial charge in [-0.3, -0.25) is 0 Å². The number of nitrogens with one attached hydrogen (secondary N) is 1. The molecular formula is C18H27N3O2S2. The van der Waals surface area contributed by atoms with Gasteiger partial charge in [0.1, 0.15) is 4.21 Å². The first-order valence-electron chi connectivity index (χ1n) is 8.26. The van der Waals surface area contributed by atoms with E-state index in [0.717, 1.165) is 22.5 Å². The van der Waals surface area contributed by atoms with Crippen molar-refractivity contribution in [3.8, 4) is 0 Å². The molecule has 0 fully saturated rings. The van der Waals surface area contributed by atoms with Crippen molar-refractivity contribution in [1.29, 1.82) is 0 Å². The van der Waals surface area contributed by atoms with Crippen molar-refractivity contribution < 1.29 is 8.42 Å². The molecule has 2 rings (SSSR count). The van der Waals surface area contributed by atoms with E-state index >= 15 is 0 Å². The Bertz CT molecular complexity index is 781. The van der Waals surface area contributed by atoms with Crippen LogP contribution in [0.25, 0.3) is 0 Å². The molecule has 0 aliphatic heterocycles. The fraction of sp³-hybridized carbons (Fsp3) is 0.444. The molecule has 1 atom stereocenters. The minimum Gasteiger partial charge on any atom is -0.378 e. The van der Waals surface area contributed by atoms with Gasteiger partial charge in [0, 0.05) is 37.2 Å². The summed E-state index contributed by atoms with van der Waals surface area (Å²) in [6.07, 6.45) is 0.846. The number of thiophene rings is 1. The molecule has 0 bridgehead atoms. The molecular weight excluding hydrogens is 354 g/mol. The van der Waals surface area contributed by atoms with Gasteiger partial charge in [0.15, 0.2) is 0 Å². The van der Waals surface area contributed by atoms with Gasteiger partial charge in [-0.25, -0.2) is 13.1 Å². The SMILES string of the molecule is CCc1ccc(S(=O)(=O)NCC(c2ccc(N(C)C)cc2)N(C)C)s1. The second-order valence-corrected chi connectivity index (χ2v) is 9.55. The Kier molecular flexibility index (Phi) is 6.62. The van der Waals surface area contributed by atoms with Gasteiger partial charge in [0.05, 0.1) is 0 Å². The van der Waals surface area contributed by atoms with Gasteiger partial charge in [0.2, 0.25) is 10.0 Å². The van der Waals surface area contributed by atoms with Crippen LogP contribution in [0.4, 0.5) is 5.69 Å². The maximum atomic E-state index is 12.5. The minimum absolute atomic E-state index is 0.0309. The molecule has 0 saturated heterocycles. The number of sulfonamides is 1. The summed E-state index contributed by atoms with van der Waals surface area (Å²) in [7, 11) is 4.44. The molecule has 25 heavy (non-hydrogen) atoms. The van der Waals surface area contributed by atoms with Crippen LogP contribution in [0.3, 0.4) is 0 Å². The van der Waals surface area contributed by atoms with Crippen LogP contribution in [0, 0.1) is 0 Å². The van der Waals surface area contributed by atoms with Gasteiger partial charge >= 0.3 is 0 Å². The van der Waals surface area contributed by atoms with E-state index in [-0.39, 0.29) is 6.04 Å². The third-order valence-corrected chi connectivity index (χ3v) is 7.28. The van der Waals surface area contributed by atoms with Gasteiger partial charge in [-0.2, -0.15) is 0 Å². The molecule has 0 saturated carbocycles. The maximum Gasteiger partial charge on any atom is 0.250 e. The quantitative estimate of drug-likeness (QED) is 0.764. The van der Waals surface area contributed by atoms with E-state index in [2.05, 4.69) is 16.9 Å². The summed E-state index contributed by atoms with van der Waals surface area (Å²) in [5.41, 5.74) is 2.20. The Hall–Kier alpha value is -1.41. The fourth-order valence-electron chi connectivity index (χ4n) is 2.55. The normalized spacial score (nSPS) is 13.2. The van der Waals surface area contributed by atoms with Crippen LogP contribution >= 0.6 is 11.3 Å². The van der Waals surface area contributed by atoms with E-state index in [1.807, 2.05) is 63.1 Å². The van der Waals surface area contributed by atoms with Crippen molar-refractivity contribution in [2.45, 2.75) is 23.6 Å². The number of nitrogens with zero attached hydrogens (tertiary/aromatic N) is 2. The lowest BCUT2D eigenvalue weighted by molar-refractivity contribution is 0.299. The molecule has 1 unspecified atom stereocenters. The molecule has 138 valence electrons. The highest BCUT2D eigenvalue weighted by Gasteiger charge is 2.21. The number of benzene rings is 1. The van der Waals surface area contributed by atoms with Crippen molar-refractivity contribution >= 4 is 27.0 Å². The molecule has 0 amide bonds. The van der Waals surface area contributed by atoms with Gasteiger partial charge in [-0.15, -0.1) is 11.3 Å². The molecule has 1 aromatic carbocycles. The van der Waals surface area contributed by atoms with Crippen LogP contribution in [0.15, 0.2) is 40.6 Å². The molecule has 0 radical (unpaired) electrons. The van der Waals surface area contributed by atoms with Crippen molar-refractivity contribution in [2.75, 3.05) is 39.6 Å². The number of hydrogen-bond donors (Lipinski definition) is 1. The summed E-state index contributed by atoms with van der Waals surface area (Å²) in [5.74, 6) is 0. The molecule has 0 aliphatic rings. The van der Waals surface area contributed by atoms with E-state index in [9.17, 15) is 8.42 Å². The third kappa shape index (κ3) is 5.04. The van der Waals surface area contributed by atoms with Crippen molar-refractivity contribution in [2.24, 2.45) is 0 Å². The van der Waals surface area contributed by atoms with Crippen LogP contribution in [-0.2, 0) is 16.4 Å². The van der Waals surface area contributed by atoms with Crippen LogP contribution < -0.4 is 9.62 Å². The molecule has 2 aromatic rings. The lowest BCUT2D eigenvalue weighted by Crippen LogP contribution is -2.34. The highest BCUT2D eigenvalue weighted by atomic mass is 32.2. The van der Waals surface area contributed by atoms with Gasteiger partial charge in [-0.05, 0) is 50.3 Å². The molecule has 1 aromatic heterocycles. The summed E-state index contributed by atoms with van der Waals surface area (Å²) in [6.45, 7) is 2.35. The van der Waals surface area contributed by atoms with Crippen molar-refractivity contribution in [1.82, 2.24) is 9.62 Å². The van der Waals surface area contributed by atoms with Gasteiger partial charge in [-0.1, -0.05) is 19.1 Å². The van der Waals surface area contributed by atoms with E-state index in [1.165, 1.54) is 11.3 Å². The summed E-state index contributed by atoms with van der Waals surface area (Å²) >= 11 is 1.33. The first-order chi connectivity index (χ1) is 11.7. The molecule has 0 spiro atoms. The predicted octanol–water partition coefficient (Wildman–Crippen LogP) is 2.96. The van der Waals surface area contributed by atoms with E-state index < -0.39 is 10.0 Å². The first-order valence-corrected chi connectivity index (χ1v) is 10.6. The Morgan fingerprint density at radius 2 is 1.68 bits per heavy atom. The average Bonchev–Trinajstić information content (AvgIpc) is 3.05. The summed E-state index contributed by atoms with van der Waals surface area (Å²) in [6, 6.07) is 11.7. The number of anilines is 1. The Morgan fingerprint density at radius 3 is 2.16 bits per heavy atom. The number of likely N-dealkylation sites (N-methyl/N-ethyl adjacent to an activating group) is 1. The zero-order valence-corrected chi connectivity index (χ0v) is 17.1. The zero-order valence-electron chi connectivity index (χ0n) is 15.5. The van der Waals surface area contributed by atoms with Crippen LogP contribution in [0.5, 0.6) is 0 Å². The summed E-state index contributed by atoms with van der Waals surface area (Å²) in [4.78, 5) is 5.14. The van der Waals surface area contributed by atoms with E-state index in [1.54, 1.807) is 6.07 Å². The summed E-state index contributed by atoms with van der Waals surface area (Å²) in [5, 5.41) is 0. The van der Waals surface area contributed by atoms with Crippen molar-refractivity contribution in [3.05, 3.63) is 46.8 Å². The largest absolute Gasteiger partial charge is 0.378 e.